The van der Waals surface area contributed by atoms with Crippen molar-refractivity contribution < 1.29 is 4.74 Å². The number of halogens is 1. The summed E-state index contributed by atoms with van der Waals surface area (Å²) in [6.07, 6.45) is 2.32. The standard InChI is InChI=1S/C15H20BrNO/c1-10(2)9-18-13-6-4-5-12(14(13)16)15(7-8-15)11(3)17/h4-6,11H,1,7-9,17H2,2-3H3. The molecule has 1 saturated carbocycles. The van der Waals surface area contributed by atoms with E-state index in [1.54, 1.807) is 0 Å². The maximum absolute atomic E-state index is 6.13. The van der Waals surface area contributed by atoms with Crippen molar-refractivity contribution >= 4 is 15.9 Å². The van der Waals surface area contributed by atoms with E-state index in [-0.39, 0.29) is 11.5 Å². The zero-order valence-corrected chi connectivity index (χ0v) is 12.6. The summed E-state index contributed by atoms with van der Waals surface area (Å²) in [6.45, 7) is 8.44. The molecular weight excluding hydrogens is 290 g/mol. The molecule has 98 valence electrons. The normalized spacial score (nSPS) is 18.2. The highest BCUT2D eigenvalue weighted by Gasteiger charge is 2.48. The zero-order valence-electron chi connectivity index (χ0n) is 11.0. The first-order valence-electron chi connectivity index (χ1n) is 6.29. The minimum Gasteiger partial charge on any atom is -0.488 e. The molecule has 0 heterocycles. The molecule has 18 heavy (non-hydrogen) atoms. The smallest absolute Gasteiger partial charge is 0.134 e. The predicted molar refractivity (Wildman–Crippen MR) is 79.0 cm³/mol. The van der Waals surface area contributed by atoms with Gasteiger partial charge in [-0.15, -0.1) is 0 Å². The van der Waals surface area contributed by atoms with E-state index in [0.717, 1.165) is 28.6 Å². The van der Waals surface area contributed by atoms with Crippen molar-refractivity contribution in [2.45, 2.75) is 38.1 Å². The van der Waals surface area contributed by atoms with Crippen LogP contribution >= 0.6 is 15.9 Å². The van der Waals surface area contributed by atoms with Gasteiger partial charge < -0.3 is 10.5 Å². The van der Waals surface area contributed by atoms with Crippen molar-refractivity contribution in [3.05, 3.63) is 40.4 Å². The monoisotopic (exact) mass is 309 g/mol. The summed E-state index contributed by atoms with van der Waals surface area (Å²) in [5.74, 6) is 0.877. The maximum atomic E-state index is 6.13. The molecular formula is C15H20BrNO. The van der Waals surface area contributed by atoms with Crippen LogP contribution in [-0.4, -0.2) is 12.6 Å². The van der Waals surface area contributed by atoms with Crippen LogP contribution in [0.3, 0.4) is 0 Å². The Balaban J connectivity index is 2.28. The number of benzene rings is 1. The highest BCUT2D eigenvalue weighted by atomic mass is 79.9. The third kappa shape index (κ3) is 2.47. The van der Waals surface area contributed by atoms with E-state index in [4.69, 9.17) is 10.5 Å². The molecule has 2 nitrogen and oxygen atoms in total. The zero-order chi connectivity index (χ0) is 13.3. The predicted octanol–water partition coefficient (Wildman–Crippen LogP) is 3.78. The Morgan fingerprint density at radius 2 is 2.22 bits per heavy atom. The molecule has 1 unspecified atom stereocenters. The molecule has 0 saturated heterocycles. The van der Waals surface area contributed by atoms with Crippen LogP contribution in [0.5, 0.6) is 5.75 Å². The average molecular weight is 310 g/mol. The van der Waals surface area contributed by atoms with E-state index in [1.165, 1.54) is 5.56 Å². The van der Waals surface area contributed by atoms with Crippen molar-refractivity contribution in [2.24, 2.45) is 5.73 Å². The summed E-state index contributed by atoms with van der Waals surface area (Å²) in [4.78, 5) is 0. The van der Waals surface area contributed by atoms with Gasteiger partial charge >= 0.3 is 0 Å². The Hall–Kier alpha value is -0.800. The van der Waals surface area contributed by atoms with E-state index in [0.29, 0.717) is 6.61 Å². The lowest BCUT2D eigenvalue weighted by molar-refractivity contribution is 0.349. The van der Waals surface area contributed by atoms with Crippen LogP contribution in [0, 0.1) is 0 Å². The van der Waals surface area contributed by atoms with Gasteiger partial charge in [0.1, 0.15) is 12.4 Å². The summed E-state index contributed by atoms with van der Waals surface area (Å²) < 4.78 is 6.80. The van der Waals surface area contributed by atoms with E-state index in [1.807, 2.05) is 19.1 Å². The fourth-order valence-electron chi connectivity index (χ4n) is 2.31. The Labute approximate surface area is 117 Å². The highest BCUT2D eigenvalue weighted by Crippen LogP contribution is 2.53. The van der Waals surface area contributed by atoms with Crippen LogP contribution in [0.25, 0.3) is 0 Å². The van der Waals surface area contributed by atoms with E-state index in [2.05, 4.69) is 35.5 Å². The van der Waals surface area contributed by atoms with Crippen molar-refractivity contribution in [1.82, 2.24) is 0 Å². The summed E-state index contributed by atoms with van der Waals surface area (Å²) in [6, 6.07) is 6.34. The van der Waals surface area contributed by atoms with Crippen LogP contribution in [0.1, 0.15) is 32.3 Å². The van der Waals surface area contributed by atoms with Gasteiger partial charge in [-0.25, -0.2) is 0 Å². The molecule has 0 aromatic heterocycles. The molecule has 2 rings (SSSR count). The molecule has 1 fully saturated rings. The lowest BCUT2D eigenvalue weighted by atomic mass is 9.89. The molecule has 2 N–H and O–H groups in total. The first-order valence-corrected chi connectivity index (χ1v) is 7.08. The van der Waals surface area contributed by atoms with Gasteiger partial charge in [-0.3, -0.25) is 0 Å². The Bertz CT molecular complexity index is 464. The van der Waals surface area contributed by atoms with Crippen LogP contribution < -0.4 is 10.5 Å². The number of hydrogen-bond acceptors (Lipinski definition) is 2. The third-order valence-electron chi connectivity index (χ3n) is 3.63. The number of nitrogens with two attached hydrogens (primary N) is 1. The third-order valence-corrected chi connectivity index (χ3v) is 4.45. The van der Waals surface area contributed by atoms with E-state index >= 15 is 0 Å². The van der Waals surface area contributed by atoms with E-state index in [9.17, 15) is 0 Å². The molecule has 0 aliphatic heterocycles. The fourth-order valence-corrected chi connectivity index (χ4v) is 3.09. The molecule has 1 aliphatic carbocycles. The molecule has 3 heteroatoms. The Morgan fingerprint density at radius 1 is 1.56 bits per heavy atom. The first-order chi connectivity index (χ1) is 8.47. The second-order valence-electron chi connectivity index (χ2n) is 5.31. The molecule has 0 bridgehead atoms. The molecule has 1 atom stereocenters. The van der Waals surface area contributed by atoms with Crippen molar-refractivity contribution in [3.8, 4) is 5.75 Å². The number of rotatable bonds is 5. The lowest BCUT2D eigenvalue weighted by Gasteiger charge is -2.22. The van der Waals surface area contributed by atoms with Crippen LogP contribution in [0.2, 0.25) is 0 Å². The Morgan fingerprint density at radius 3 is 2.72 bits per heavy atom. The quantitative estimate of drug-likeness (QED) is 0.840. The largest absolute Gasteiger partial charge is 0.488 e. The van der Waals surface area contributed by atoms with E-state index < -0.39 is 0 Å². The van der Waals surface area contributed by atoms with Crippen molar-refractivity contribution in [2.75, 3.05) is 6.61 Å². The number of ether oxygens (including phenoxy) is 1. The maximum Gasteiger partial charge on any atom is 0.134 e. The molecule has 0 radical (unpaired) electrons. The van der Waals surface area contributed by atoms with Crippen LogP contribution in [0.15, 0.2) is 34.8 Å². The topological polar surface area (TPSA) is 35.2 Å². The van der Waals surface area contributed by atoms with Crippen molar-refractivity contribution in [3.63, 3.8) is 0 Å². The number of hydrogen-bond donors (Lipinski definition) is 1. The summed E-state index contributed by atoms with van der Waals surface area (Å²) >= 11 is 3.67. The van der Waals surface area contributed by atoms with Crippen molar-refractivity contribution in [1.29, 1.82) is 0 Å². The lowest BCUT2D eigenvalue weighted by Crippen LogP contribution is -2.31. The van der Waals surface area contributed by atoms with Gasteiger partial charge in [0, 0.05) is 11.5 Å². The van der Waals surface area contributed by atoms with Gasteiger partial charge in [-0.2, -0.15) is 0 Å². The van der Waals surface area contributed by atoms with Gasteiger partial charge in [0.2, 0.25) is 0 Å². The van der Waals surface area contributed by atoms with Gasteiger partial charge in [0.25, 0.3) is 0 Å². The summed E-state index contributed by atoms with van der Waals surface area (Å²) in [7, 11) is 0. The fraction of sp³-hybridized carbons (Fsp3) is 0.467. The van der Waals surface area contributed by atoms with Gasteiger partial charge in [-0.05, 0) is 59.8 Å². The highest BCUT2D eigenvalue weighted by molar-refractivity contribution is 9.10. The average Bonchev–Trinajstić information content (AvgIpc) is 3.08. The molecule has 1 aromatic carbocycles. The van der Waals surface area contributed by atoms with Gasteiger partial charge in [0.15, 0.2) is 0 Å². The minimum atomic E-state index is 0.140. The summed E-state index contributed by atoms with van der Waals surface area (Å²) in [5, 5.41) is 0. The van der Waals surface area contributed by atoms with Crippen LogP contribution in [0.4, 0.5) is 0 Å². The Kier molecular flexibility index (Phi) is 3.83. The second kappa shape index (κ2) is 5.06. The molecule has 0 amide bonds. The minimum absolute atomic E-state index is 0.140. The molecule has 1 aromatic rings. The first kappa shape index (κ1) is 13.6. The summed E-state index contributed by atoms with van der Waals surface area (Å²) in [5.41, 5.74) is 8.56. The second-order valence-corrected chi connectivity index (χ2v) is 6.10. The van der Waals surface area contributed by atoms with Gasteiger partial charge in [-0.1, -0.05) is 18.7 Å². The van der Waals surface area contributed by atoms with Crippen LogP contribution in [-0.2, 0) is 5.41 Å². The van der Waals surface area contributed by atoms with Gasteiger partial charge in [0.05, 0.1) is 4.47 Å². The SMILES string of the molecule is C=C(C)COc1cccc(C2(C(C)N)CC2)c1Br. The molecule has 0 spiro atoms. The molecule has 1 aliphatic rings.